The smallest absolute Gasteiger partial charge is 0.345 e. The molecule has 1 aliphatic rings. The number of allylic oxidation sites excluding steroid dienone is 1. The summed E-state index contributed by atoms with van der Waals surface area (Å²) < 4.78 is 37.6. The summed E-state index contributed by atoms with van der Waals surface area (Å²) in [4.78, 5) is 27.5. The molecule has 1 N–H and O–H groups in total. The molecule has 1 aromatic rings. The minimum Gasteiger partial charge on any atom is -0.345 e. The maximum atomic E-state index is 12.5. The van der Waals surface area contributed by atoms with Crippen LogP contribution in [-0.2, 0) is 15.8 Å². The van der Waals surface area contributed by atoms with E-state index in [0.29, 0.717) is 6.20 Å². The maximum Gasteiger partial charge on any atom is 0.417 e. The van der Waals surface area contributed by atoms with E-state index >= 15 is 0 Å². The third kappa shape index (κ3) is 4.10. The zero-order chi connectivity index (χ0) is 17.4. The van der Waals surface area contributed by atoms with Crippen molar-refractivity contribution in [2.24, 2.45) is 5.41 Å². The van der Waals surface area contributed by atoms with Gasteiger partial charge in [-0.15, -0.1) is 0 Å². The molecule has 1 aromatic heterocycles. The highest BCUT2D eigenvalue weighted by atomic mass is 35.5. The fourth-order valence-electron chi connectivity index (χ4n) is 2.28. The third-order valence-electron chi connectivity index (χ3n) is 3.40. The van der Waals surface area contributed by atoms with Crippen molar-refractivity contribution in [3.05, 3.63) is 34.6 Å². The number of hydrogen-bond donors (Lipinski definition) is 1. The lowest BCUT2D eigenvalue weighted by atomic mass is 9.74. The Bertz CT molecular complexity index is 674. The number of alkyl halides is 3. The van der Waals surface area contributed by atoms with E-state index in [1.54, 1.807) is 0 Å². The van der Waals surface area contributed by atoms with Gasteiger partial charge in [0, 0.05) is 25.2 Å². The largest absolute Gasteiger partial charge is 0.417 e. The van der Waals surface area contributed by atoms with E-state index in [9.17, 15) is 22.8 Å². The molecule has 0 atom stereocenters. The molecule has 0 unspecified atom stereocenters. The van der Waals surface area contributed by atoms with Crippen molar-refractivity contribution in [2.45, 2.75) is 32.9 Å². The van der Waals surface area contributed by atoms with Gasteiger partial charge in [-0.1, -0.05) is 25.4 Å². The molecule has 0 bridgehead atoms. The molecule has 0 amide bonds. The number of pyridine rings is 1. The highest BCUT2D eigenvalue weighted by molar-refractivity contribution is 6.33. The summed E-state index contributed by atoms with van der Waals surface area (Å²) in [6, 6.07) is 0.725. The average molecular weight is 347 g/mol. The Labute approximate surface area is 135 Å². The fourth-order valence-corrected chi connectivity index (χ4v) is 2.50. The summed E-state index contributed by atoms with van der Waals surface area (Å²) >= 11 is 5.75. The summed E-state index contributed by atoms with van der Waals surface area (Å²) in [7, 11) is 0. The first-order valence-corrected chi connectivity index (χ1v) is 7.13. The van der Waals surface area contributed by atoms with Crippen LogP contribution in [-0.4, -0.2) is 16.6 Å². The summed E-state index contributed by atoms with van der Waals surface area (Å²) in [6.45, 7) is 3.64. The predicted octanol–water partition coefficient (Wildman–Crippen LogP) is 4.01. The molecule has 124 valence electrons. The van der Waals surface area contributed by atoms with Crippen molar-refractivity contribution < 1.29 is 22.8 Å². The zero-order valence-corrected chi connectivity index (χ0v) is 13.2. The molecule has 0 radical (unpaired) electrons. The summed E-state index contributed by atoms with van der Waals surface area (Å²) in [5.74, 6) is -0.693. The van der Waals surface area contributed by atoms with E-state index in [-0.39, 0.29) is 40.8 Å². The highest BCUT2D eigenvalue weighted by Gasteiger charge is 2.35. The number of ketones is 2. The lowest BCUT2D eigenvalue weighted by molar-refractivity contribution is -0.137. The Morgan fingerprint density at radius 2 is 1.83 bits per heavy atom. The van der Waals surface area contributed by atoms with Gasteiger partial charge in [0.05, 0.1) is 16.2 Å². The van der Waals surface area contributed by atoms with Crippen LogP contribution in [0.4, 0.5) is 19.0 Å². The monoisotopic (exact) mass is 346 g/mol. The lowest BCUT2D eigenvalue weighted by Crippen LogP contribution is -2.31. The number of nitrogens with zero attached hydrogens (tertiary/aromatic N) is 1. The summed E-state index contributed by atoms with van der Waals surface area (Å²) in [5, 5.41) is 2.28. The second-order valence-corrected chi connectivity index (χ2v) is 6.53. The normalized spacial score (nSPS) is 18.1. The standard InChI is InChI=1S/C15H14ClF3N2O2/c1-14(2)4-11(22)9(12(23)5-14)7-21-13-10(16)3-8(6-20-13)15(17,18)19/h3,6-7H,4-5H2,1-2H3,(H,20,21). The first kappa shape index (κ1) is 17.5. The van der Waals surface area contributed by atoms with Crippen LogP contribution in [0.5, 0.6) is 0 Å². The van der Waals surface area contributed by atoms with Gasteiger partial charge in [-0.05, 0) is 11.5 Å². The van der Waals surface area contributed by atoms with Gasteiger partial charge in [-0.3, -0.25) is 9.59 Å². The van der Waals surface area contributed by atoms with Crippen molar-refractivity contribution in [3.8, 4) is 0 Å². The van der Waals surface area contributed by atoms with Gasteiger partial charge in [0.2, 0.25) is 0 Å². The van der Waals surface area contributed by atoms with Crippen LogP contribution in [0.15, 0.2) is 24.0 Å². The molecule has 0 saturated heterocycles. The van der Waals surface area contributed by atoms with E-state index in [2.05, 4.69) is 10.3 Å². The number of carbonyl (C=O) groups excluding carboxylic acids is 2. The van der Waals surface area contributed by atoms with Crippen molar-refractivity contribution in [2.75, 3.05) is 5.32 Å². The van der Waals surface area contributed by atoms with E-state index < -0.39 is 17.2 Å². The van der Waals surface area contributed by atoms with Crippen molar-refractivity contribution in [3.63, 3.8) is 0 Å². The Morgan fingerprint density at radius 1 is 1.26 bits per heavy atom. The first-order valence-electron chi connectivity index (χ1n) is 6.75. The molecule has 8 heteroatoms. The topological polar surface area (TPSA) is 59.1 Å². The zero-order valence-electron chi connectivity index (χ0n) is 12.4. The highest BCUT2D eigenvalue weighted by Crippen LogP contribution is 2.34. The van der Waals surface area contributed by atoms with Crippen LogP contribution < -0.4 is 5.32 Å². The van der Waals surface area contributed by atoms with Gasteiger partial charge in [-0.2, -0.15) is 13.2 Å². The number of carbonyl (C=O) groups is 2. The second kappa shape index (κ2) is 5.96. The SMILES string of the molecule is CC1(C)CC(=O)C(=CNc2ncc(C(F)(F)F)cc2Cl)C(=O)C1. The molecule has 0 spiro atoms. The van der Waals surface area contributed by atoms with Gasteiger partial charge in [0.15, 0.2) is 11.6 Å². The van der Waals surface area contributed by atoms with Gasteiger partial charge in [0.25, 0.3) is 0 Å². The lowest BCUT2D eigenvalue weighted by Gasteiger charge is -2.28. The summed E-state index contributed by atoms with van der Waals surface area (Å²) in [6.07, 6.45) is -2.32. The van der Waals surface area contributed by atoms with E-state index in [1.807, 2.05) is 13.8 Å². The van der Waals surface area contributed by atoms with Crippen molar-refractivity contribution >= 4 is 29.0 Å². The quantitative estimate of drug-likeness (QED) is 0.649. The van der Waals surface area contributed by atoms with Crippen molar-refractivity contribution in [1.82, 2.24) is 4.98 Å². The van der Waals surface area contributed by atoms with Crippen LogP contribution >= 0.6 is 11.6 Å². The van der Waals surface area contributed by atoms with E-state index in [1.165, 1.54) is 0 Å². The van der Waals surface area contributed by atoms with E-state index in [0.717, 1.165) is 12.3 Å². The van der Waals surface area contributed by atoms with Gasteiger partial charge < -0.3 is 5.32 Å². The number of rotatable bonds is 2. The van der Waals surface area contributed by atoms with Gasteiger partial charge in [-0.25, -0.2) is 4.98 Å². The molecule has 0 aromatic carbocycles. The number of hydrogen-bond acceptors (Lipinski definition) is 4. The molecule has 0 aliphatic heterocycles. The minimum atomic E-state index is -4.55. The number of Topliss-reactive ketones (excluding diaryl/α,β-unsaturated/α-hetero) is 2. The maximum absolute atomic E-state index is 12.5. The molecular weight excluding hydrogens is 333 g/mol. The number of halogens is 4. The molecule has 1 saturated carbocycles. The fraction of sp³-hybridized carbons (Fsp3) is 0.400. The molecule has 23 heavy (non-hydrogen) atoms. The Kier molecular flexibility index (Phi) is 4.52. The second-order valence-electron chi connectivity index (χ2n) is 6.12. The van der Waals surface area contributed by atoms with Gasteiger partial charge >= 0.3 is 6.18 Å². The van der Waals surface area contributed by atoms with Crippen molar-refractivity contribution in [1.29, 1.82) is 0 Å². The molecule has 1 aliphatic carbocycles. The van der Waals surface area contributed by atoms with Crippen LogP contribution in [0.2, 0.25) is 5.02 Å². The van der Waals surface area contributed by atoms with Crippen LogP contribution in [0.25, 0.3) is 0 Å². The van der Waals surface area contributed by atoms with Gasteiger partial charge in [0.1, 0.15) is 5.82 Å². The predicted molar refractivity (Wildman–Crippen MR) is 79.0 cm³/mol. The van der Waals surface area contributed by atoms with Crippen LogP contribution in [0, 0.1) is 5.41 Å². The van der Waals surface area contributed by atoms with Crippen LogP contribution in [0.1, 0.15) is 32.3 Å². The van der Waals surface area contributed by atoms with Crippen LogP contribution in [0.3, 0.4) is 0 Å². The Morgan fingerprint density at radius 3 is 2.30 bits per heavy atom. The average Bonchev–Trinajstić information content (AvgIpc) is 2.36. The number of aromatic nitrogens is 1. The molecule has 1 fully saturated rings. The number of nitrogens with one attached hydrogen (secondary N) is 1. The Hall–Kier alpha value is -1.89. The molecule has 2 rings (SSSR count). The first-order chi connectivity index (χ1) is 10.5. The number of anilines is 1. The van der Waals surface area contributed by atoms with E-state index in [4.69, 9.17) is 11.6 Å². The Balaban J connectivity index is 2.20. The third-order valence-corrected chi connectivity index (χ3v) is 3.69. The molecule has 1 heterocycles. The minimum absolute atomic E-state index is 0.0258. The molecule has 4 nitrogen and oxygen atoms in total. The molecular formula is C15H14ClF3N2O2. The summed E-state index contributed by atoms with van der Waals surface area (Å²) in [5.41, 5.74) is -1.40.